The first-order chi connectivity index (χ1) is 23.1. The molecule has 7 rings (SSSR count). The molecule has 0 saturated carbocycles. The van der Waals surface area contributed by atoms with Crippen LogP contribution in [0, 0.1) is 11.6 Å². The number of ether oxygens (including phenoxy) is 2. The van der Waals surface area contributed by atoms with Crippen molar-refractivity contribution in [2.75, 3.05) is 26.3 Å². The molecular weight excluding hydrogens is 635 g/mol. The molecule has 0 unspecified atom stereocenters. The third-order valence-corrected chi connectivity index (χ3v) is 9.22. The summed E-state index contributed by atoms with van der Waals surface area (Å²) in [7, 11) is 0. The SMILES string of the molecule is O=C(OCCCc1c(F)ccc2cccc(-c3ncc4c(=O)[nH]c(OC[C@@]56CCCN5C[C@H](F)C6)nc4c3F)c12)ON1C(=O)CCC1=O. The summed E-state index contributed by atoms with van der Waals surface area (Å²) < 4.78 is 56.7. The van der Waals surface area contributed by atoms with E-state index in [9.17, 15) is 23.6 Å². The molecule has 12 nitrogen and oxygen atoms in total. The Morgan fingerprint density at radius 3 is 2.73 bits per heavy atom. The minimum Gasteiger partial charge on any atom is -0.463 e. The van der Waals surface area contributed by atoms with Gasteiger partial charge >= 0.3 is 6.16 Å². The summed E-state index contributed by atoms with van der Waals surface area (Å²) in [6, 6.07) is 7.58. The van der Waals surface area contributed by atoms with Crippen LogP contribution in [0.3, 0.4) is 0 Å². The Bertz CT molecular complexity index is 2010. The van der Waals surface area contributed by atoms with E-state index in [-0.39, 0.29) is 72.6 Å². The number of nitrogens with zero attached hydrogens (tertiary/aromatic N) is 4. The number of pyridine rings is 1. The Labute approximate surface area is 270 Å². The van der Waals surface area contributed by atoms with Gasteiger partial charge in [0, 0.05) is 37.6 Å². The van der Waals surface area contributed by atoms with E-state index in [0.717, 1.165) is 19.4 Å². The highest BCUT2D eigenvalue weighted by molar-refractivity contribution is 6.01. The fourth-order valence-electron chi connectivity index (χ4n) is 6.99. The normalized spacial score (nSPS) is 21.0. The molecule has 48 heavy (non-hydrogen) atoms. The van der Waals surface area contributed by atoms with Crippen LogP contribution in [-0.2, 0) is 25.6 Å². The number of halogens is 3. The van der Waals surface area contributed by atoms with Gasteiger partial charge in [0.15, 0.2) is 5.82 Å². The number of carbonyl (C=O) groups is 3. The van der Waals surface area contributed by atoms with Crippen molar-refractivity contribution in [1.82, 2.24) is 24.9 Å². The number of fused-ring (bicyclic) bond motifs is 3. The van der Waals surface area contributed by atoms with E-state index in [0.29, 0.717) is 28.8 Å². The molecule has 15 heteroatoms. The minimum absolute atomic E-state index is 0.0542. The molecule has 5 heterocycles. The van der Waals surface area contributed by atoms with Crippen molar-refractivity contribution < 1.29 is 41.9 Å². The van der Waals surface area contributed by atoms with E-state index < -0.39 is 46.9 Å². The van der Waals surface area contributed by atoms with Crippen LogP contribution in [0.1, 0.15) is 44.1 Å². The minimum atomic E-state index is -1.25. The molecule has 2 atom stereocenters. The Hall–Kier alpha value is -5.05. The summed E-state index contributed by atoms with van der Waals surface area (Å²) in [5, 5.41) is 1.20. The number of hydrogen-bond acceptors (Lipinski definition) is 10. The fraction of sp³-hybridized carbons (Fsp3) is 0.394. The van der Waals surface area contributed by atoms with Gasteiger partial charge in [-0.3, -0.25) is 34.1 Å². The second kappa shape index (κ2) is 12.5. The molecule has 2 amide bonds. The number of hydrogen-bond donors (Lipinski definition) is 1. The van der Waals surface area contributed by atoms with E-state index in [1.54, 1.807) is 24.3 Å². The van der Waals surface area contributed by atoms with Crippen LogP contribution < -0.4 is 10.3 Å². The molecule has 3 aliphatic heterocycles. The lowest BCUT2D eigenvalue weighted by atomic mass is 9.94. The molecule has 0 spiro atoms. The van der Waals surface area contributed by atoms with Crippen LogP contribution in [0.4, 0.5) is 18.0 Å². The number of amides is 2. The van der Waals surface area contributed by atoms with Crippen molar-refractivity contribution in [3.63, 3.8) is 0 Å². The first-order valence-corrected chi connectivity index (χ1v) is 15.6. The standard InChI is InChI=1S/C33H30F3N5O7/c34-19-14-33(11-3-12-40(33)16-19)17-47-31-38-29-22(30(44)39-31)15-37-28(27(29)36)21-5-1-4-18-7-8-23(35)20(26(18)21)6-2-13-46-32(45)48-41-24(42)9-10-25(41)43/h1,4-5,7-8,15,19H,2-3,6,9-14,16-17H2,(H,38,39,44)/t19-,33+/m1/s1. The zero-order valence-corrected chi connectivity index (χ0v) is 25.6. The van der Waals surface area contributed by atoms with Crippen molar-refractivity contribution in [3.8, 4) is 17.3 Å². The summed E-state index contributed by atoms with van der Waals surface area (Å²) in [5.74, 6) is -2.80. The number of imide groups is 1. The average Bonchev–Trinajstić information content (AvgIpc) is 3.70. The van der Waals surface area contributed by atoms with E-state index in [1.807, 2.05) is 4.90 Å². The van der Waals surface area contributed by atoms with Gasteiger partial charge in [-0.1, -0.05) is 29.3 Å². The number of hydroxylamine groups is 2. The summed E-state index contributed by atoms with van der Waals surface area (Å²) in [6.45, 7) is 0.940. The van der Waals surface area contributed by atoms with Crippen LogP contribution in [0.25, 0.3) is 32.9 Å². The molecule has 0 aliphatic carbocycles. The van der Waals surface area contributed by atoms with Crippen molar-refractivity contribution in [2.24, 2.45) is 0 Å². The van der Waals surface area contributed by atoms with Crippen molar-refractivity contribution in [1.29, 1.82) is 0 Å². The molecule has 3 saturated heterocycles. The van der Waals surface area contributed by atoms with Gasteiger partial charge < -0.3 is 9.47 Å². The number of carbonyl (C=O) groups excluding carboxylic acids is 3. The van der Waals surface area contributed by atoms with Gasteiger partial charge in [-0.15, -0.1) is 0 Å². The second-order valence-electron chi connectivity index (χ2n) is 12.2. The molecule has 2 aromatic carbocycles. The lowest BCUT2D eigenvalue weighted by Gasteiger charge is -2.30. The second-order valence-corrected chi connectivity index (χ2v) is 12.2. The molecular formula is C33H30F3N5O7. The Kier molecular flexibility index (Phi) is 8.23. The number of aryl methyl sites for hydroxylation is 1. The Balaban J connectivity index is 1.14. The van der Waals surface area contributed by atoms with Crippen LogP contribution in [0.2, 0.25) is 0 Å². The van der Waals surface area contributed by atoms with Crippen molar-refractivity contribution >= 4 is 39.6 Å². The lowest BCUT2D eigenvalue weighted by molar-refractivity contribution is -0.177. The van der Waals surface area contributed by atoms with Gasteiger partial charge in [-0.05, 0) is 54.6 Å². The highest BCUT2D eigenvalue weighted by Crippen LogP contribution is 2.40. The van der Waals surface area contributed by atoms with Crippen molar-refractivity contribution in [3.05, 3.63) is 64.1 Å². The predicted octanol–water partition coefficient (Wildman–Crippen LogP) is 4.52. The fourth-order valence-corrected chi connectivity index (χ4v) is 6.99. The zero-order chi connectivity index (χ0) is 33.6. The Morgan fingerprint density at radius 1 is 1.10 bits per heavy atom. The van der Waals surface area contributed by atoms with Crippen molar-refractivity contribution in [2.45, 2.75) is 56.7 Å². The number of benzene rings is 2. The largest absolute Gasteiger partial charge is 0.533 e. The van der Waals surface area contributed by atoms with E-state index in [1.165, 1.54) is 12.3 Å². The molecule has 4 aromatic rings. The third-order valence-electron chi connectivity index (χ3n) is 9.22. The molecule has 3 fully saturated rings. The number of rotatable bonds is 9. The molecule has 0 bridgehead atoms. The maximum absolute atomic E-state index is 16.3. The maximum atomic E-state index is 16.3. The summed E-state index contributed by atoms with van der Waals surface area (Å²) in [4.78, 5) is 66.0. The first kappa shape index (κ1) is 31.5. The predicted molar refractivity (Wildman–Crippen MR) is 163 cm³/mol. The topological polar surface area (TPSA) is 144 Å². The maximum Gasteiger partial charge on any atom is 0.533 e. The van der Waals surface area contributed by atoms with E-state index in [2.05, 4.69) is 19.8 Å². The first-order valence-electron chi connectivity index (χ1n) is 15.6. The van der Waals surface area contributed by atoms with Crippen LogP contribution in [0.15, 0.2) is 41.3 Å². The van der Waals surface area contributed by atoms with Crippen LogP contribution >= 0.6 is 0 Å². The van der Waals surface area contributed by atoms with Crippen LogP contribution in [-0.4, -0.2) is 80.9 Å². The molecule has 1 N–H and O–H groups in total. The molecule has 3 aliphatic rings. The number of nitrogens with one attached hydrogen (secondary N) is 1. The van der Waals surface area contributed by atoms with Gasteiger partial charge in [0.1, 0.15) is 29.8 Å². The lowest BCUT2D eigenvalue weighted by Crippen LogP contribution is -2.43. The number of H-pyrrole nitrogens is 1. The third kappa shape index (κ3) is 5.71. The summed E-state index contributed by atoms with van der Waals surface area (Å²) in [5.41, 5.74) is -1.16. The van der Waals surface area contributed by atoms with Gasteiger partial charge in [-0.2, -0.15) is 4.98 Å². The Morgan fingerprint density at radius 2 is 1.92 bits per heavy atom. The number of aromatic amines is 1. The van der Waals surface area contributed by atoms with E-state index in [4.69, 9.17) is 9.47 Å². The van der Waals surface area contributed by atoms with Gasteiger partial charge in [0.2, 0.25) is 0 Å². The highest BCUT2D eigenvalue weighted by Gasteiger charge is 2.49. The number of aromatic nitrogens is 3. The quantitative estimate of drug-likeness (QED) is 0.154. The van der Waals surface area contributed by atoms with Gasteiger partial charge in [0.05, 0.1) is 17.5 Å². The van der Waals surface area contributed by atoms with Gasteiger partial charge in [0.25, 0.3) is 23.4 Å². The zero-order valence-electron chi connectivity index (χ0n) is 25.6. The van der Waals surface area contributed by atoms with E-state index >= 15 is 8.78 Å². The van der Waals surface area contributed by atoms with Crippen LogP contribution in [0.5, 0.6) is 6.01 Å². The highest BCUT2D eigenvalue weighted by atomic mass is 19.1. The van der Waals surface area contributed by atoms with Gasteiger partial charge in [-0.25, -0.2) is 18.0 Å². The summed E-state index contributed by atoms with van der Waals surface area (Å²) in [6.07, 6.45) is 0.968. The summed E-state index contributed by atoms with van der Waals surface area (Å²) >= 11 is 0. The number of alkyl halides is 1. The molecule has 2 aromatic heterocycles. The smallest absolute Gasteiger partial charge is 0.463 e. The molecule has 250 valence electrons. The molecule has 0 radical (unpaired) electrons. The monoisotopic (exact) mass is 665 g/mol. The average molecular weight is 666 g/mol.